The van der Waals surface area contributed by atoms with E-state index in [9.17, 15) is 0 Å². The van der Waals surface area contributed by atoms with Crippen LogP contribution in [0.3, 0.4) is 0 Å². The number of halogens is 1. The minimum atomic E-state index is 0. The monoisotopic (exact) mass is 241 g/mol. The molecule has 4 heteroatoms. The summed E-state index contributed by atoms with van der Waals surface area (Å²) >= 11 is 0. The Kier molecular flexibility index (Phi) is 5.77. The molecule has 1 heterocycles. The highest BCUT2D eigenvalue weighted by Crippen LogP contribution is 2.13. The van der Waals surface area contributed by atoms with Gasteiger partial charge in [-0.2, -0.15) is 0 Å². The lowest BCUT2D eigenvalue weighted by Crippen LogP contribution is -2.21. The molecule has 0 unspecified atom stereocenters. The third-order valence-corrected chi connectivity index (χ3v) is 2.93. The molecule has 1 fully saturated rings. The van der Waals surface area contributed by atoms with E-state index >= 15 is 0 Å². The molecule has 1 aliphatic heterocycles. The van der Waals surface area contributed by atoms with Crippen molar-refractivity contribution in [2.75, 3.05) is 13.1 Å². The summed E-state index contributed by atoms with van der Waals surface area (Å²) < 4.78 is 0. The van der Waals surface area contributed by atoms with Crippen molar-refractivity contribution in [3.8, 4) is 0 Å². The third-order valence-electron chi connectivity index (χ3n) is 2.93. The van der Waals surface area contributed by atoms with Crippen LogP contribution in [0.5, 0.6) is 0 Å². The normalized spacial score (nSPS) is 16.1. The van der Waals surface area contributed by atoms with E-state index in [1.165, 1.54) is 37.1 Å². The topological polar surface area (TPSA) is 41.3 Å². The number of rotatable bonds is 4. The lowest BCUT2D eigenvalue weighted by Gasteiger charge is -2.14. The summed E-state index contributed by atoms with van der Waals surface area (Å²) in [5, 5.41) is 0. The van der Waals surface area contributed by atoms with Crippen molar-refractivity contribution in [1.29, 1.82) is 0 Å². The van der Waals surface area contributed by atoms with Gasteiger partial charge in [-0.1, -0.05) is 24.3 Å². The molecule has 3 nitrogen and oxygen atoms in total. The molecule has 16 heavy (non-hydrogen) atoms. The van der Waals surface area contributed by atoms with Gasteiger partial charge in [0.1, 0.15) is 0 Å². The predicted molar refractivity (Wildman–Crippen MR) is 69.2 cm³/mol. The number of benzene rings is 1. The first-order valence-electron chi connectivity index (χ1n) is 5.62. The molecule has 90 valence electrons. The fourth-order valence-corrected chi connectivity index (χ4v) is 2.08. The van der Waals surface area contributed by atoms with Gasteiger partial charge in [-0.25, -0.2) is 0 Å². The number of likely N-dealkylation sites (tertiary alicyclic amines) is 1. The van der Waals surface area contributed by atoms with Gasteiger partial charge in [0.2, 0.25) is 0 Å². The second-order valence-electron chi connectivity index (χ2n) is 4.18. The number of hydrazine groups is 1. The van der Waals surface area contributed by atoms with E-state index < -0.39 is 0 Å². The SMILES string of the molecule is Cl.NNCc1ccc(CN2CCCC2)cc1. The van der Waals surface area contributed by atoms with Crippen molar-refractivity contribution in [3.63, 3.8) is 0 Å². The van der Waals surface area contributed by atoms with Crippen molar-refractivity contribution in [3.05, 3.63) is 35.4 Å². The number of nitrogens with two attached hydrogens (primary N) is 1. The van der Waals surface area contributed by atoms with Gasteiger partial charge >= 0.3 is 0 Å². The van der Waals surface area contributed by atoms with Crippen LogP contribution in [-0.4, -0.2) is 18.0 Å². The summed E-state index contributed by atoms with van der Waals surface area (Å²) in [4.78, 5) is 2.51. The Bertz CT molecular complexity index is 294. The van der Waals surface area contributed by atoms with Crippen LogP contribution < -0.4 is 11.3 Å². The van der Waals surface area contributed by atoms with E-state index in [-0.39, 0.29) is 12.4 Å². The molecule has 0 saturated carbocycles. The Labute approximate surface area is 103 Å². The highest BCUT2D eigenvalue weighted by atomic mass is 35.5. The quantitative estimate of drug-likeness (QED) is 0.623. The van der Waals surface area contributed by atoms with Crippen LogP contribution in [0, 0.1) is 0 Å². The van der Waals surface area contributed by atoms with Crippen LogP contribution in [0.4, 0.5) is 0 Å². The third kappa shape index (κ3) is 3.76. The highest BCUT2D eigenvalue weighted by molar-refractivity contribution is 5.85. The Morgan fingerprint density at radius 2 is 1.62 bits per heavy atom. The van der Waals surface area contributed by atoms with Gasteiger partial charge in [-0.15, -0.1) is 12.4 Å². The first-order chi connectivity index (χ1) is 7.38. The van der Waals surface area contributed by atoms with Crippen molar-refractivity contribution < 1.29 is 0 Å². The molecule has 0 atom stereocenters. The zero-order valence-electron chi connectivity index (χ0n) is 9.48. The lowest BCUT2D eigenvalue weighted by atomic mass is 10.1. The molecular weight excluding hydrogens is 222 g/mol. The van der Waals surface area contributed by atoms with Crippen LogP contribution in [-0.2, 0) is 13.1 Å². The lowest BCUT2D eigenvalue weighted by molar-refractivity contribution is 0.331. The summed E-state index contributed by atoms with van der Waals surface area (Å²) in [5.74, 6) is 5.27. The Morgan fingerprint density at radius 1 is 1.06 bits per heavy atom. The Balaban J connectivity index is 0.00000128. The molecule has 1 aromatic carbocycles. The van der Waals surface area contributed by atoms with Crippen LogP contribution in [0.25, 0.3) is 0 Å². The molecule has 1 saturated heterocycles. The molecule has 1 aromatic rings. The molecule has 1 aliphatic rings. The molecule has 0 spiro atoms. The minimum absolute atomic E-state index is 0. The van der Waals surface area contributed by atoms with Gasteiger partial charge in [0.05, 0.1) is 0 Å². The average molecular weight is 242 g/mol. The van der Waals surface area contributed by atoms with Gasteiger partial charge in [-0.05, 0) is 37.1 Å². The number of hydrogen-bond donors (Lipinski definition) is 2. The molecule has 0 aromatic heterocycles. The van der Waals surface area contributed by atoms with Crippen LogP contribution in [0.15, 0.2) is 24.3 Å². The number of nitrogens with one attached hydrogen (secondary N) is 1. The number of hydrogen-bond acceptors (Lipinski definition) is 3. The van der Waals surface area contributed by atoms with Crippen LogP contribution in [0.1, 0.15) is 24.0 Å². The molecule has 0 amide bonds. The van der Waals surface area contributed by atoms with Gasteiger partial charge in [0.15, 0.2) is 0 Å². The standard InChI is InChI=1S/C12H19N3.ClH/c13-14-9-11-3-5-12(6-4-11)10-15-7-1-2-8-15;/h3-6,14H,1-2,7-10,13H2;1H. The smallest absolute Gasteiger partial charge is 0.0348 e. The first-order valence-corrected chi connectivity index (χ1v) is 5.62. The zero-order chi connectivity index (χ0) is 10.5. The van der Waals surface area contributed by atoms with Crippen molar-refractivity contribution in [2.45, 2.75) is 25.9 Å². The van der Waals surface area contributed by atoms with Crippen LogP contribution >= 0.6 is 12.4 Å². The first kappa shape index (κ1) is 13.5. The maximum absolute atomic E-state index is 5.27. The van der Waals surface area contributed by atoms with Gasteiger partial charge < -0.3 is 0 Å². The second kappa shape index (κ2) is 6.86. The van der Waals surface area contributed by atoms with E-state index in [0.717, 1.165) is 13.1 Å². The van der Waals surface area contributed by atoms with E-state index in [4.69, 9.17) is 5.84 Å². The van der Waals surface area contributed by atoms with Gasteiger partial charge in [-0.3, -0.25) is 16.2 Å². The van der Waals surface area contributed by atoms with Gasteiger partial charge in [0, 0.05) is 13.1 Å². The predicted octanol–water partition coefficient (Wildman–Crippen LogP) is 1.67. The molecule has 3 N–H and O–H groups in total. The van der Waals surface area contributed by atoms with Crippen molar-refractivity contribution in [1.82, 2.24) is 10.3 Å². The summed E-state index contributed by atoms with van der Waals surface area (Å²) in [6, 6.07) is 8.69. The van der Waals surface area contributed by atoms with E-state index in [1.54, 1.807) is 0 Å². The van der Waals surface area contributed by atoms with Crippen molar-refractivity contribution in [2.24, 2.45) is 5.84 Å². The largest absolute Gasteiger partial charge is 0.299 e. The van der Waals surface area contributed by atoms with E-state index in [2.05, 4.69) is 34.6 Å². The maximum Gasteiger partial charge on any atom is 0.0348 e. The molecular formula is C12H20ClN3. The fourth-order valence-electron chi connectivity index (χ4n) is 2.08. The Morgan fingerprint density at radius 3 is 2.19 bits per heavy atom. The minimum Gasteiger partial charge on any atom is -0.299 e. The molecule has 0 aliphatic carbocycles. The van der Waals surface area contributed by atoms with Crippen LogP contribution in [0.2, 0.25) is 0 Å². The molecule has 0 bridgehead atoms. The summed E-state index contributed by atoms with van der Waals surface area (Å²) in [6.07, 6.45) is 2.71. The van der Waals surface area contributed by atoms with Gasteiger partial charge in [0.25, 0.3) is 0 Å². The Hall–Kier alpha value is -0.610. The fraction of sp³-hybridized carbons (Fsp3) is 0.500. The summed E-state index contributed by atoms with van der Waals surface area (Å²) in [7, 11) is 0. The molecule has 0 radical (unpaired) electrons. The maximum atomic E-state index is 5.27. The average Bonchev–Trinajstić information content (AvgIpc) is 2.74. The summed E-state index contributed by atoms with van der Waals surface area (Å²) in [6.45, 7) is 4.35. The zero-order valence-corrected chi connectivity index (χ0v) is 10.3. The molecule has 2 rings (SSSR count). The van der Waals surface area contributed by atoms with Crippen molar-refractivity contribution >= 4 is 12.4 Å². The number of nitrogens with zero attached hydrogens (tertiary/aromatic N) is 1. The summed E-state index contributed by atoms with van der Waals surface area (Å²) in [5.41, 5.74) is 5.31. The second-order valence-corrected chi connectivity index (χ2v) is 4.18. The van der Waals surface area contributed by atoms with E-state index in [0.29, 0.717) is 0 Å². The van der Waals surface area contributed by atoms with E-state index in [1.807, 2.05) is 0 Å². The highest BCUT2D eigenvalue weighted by Gasteiger charge is 2.11.